The highest BCUT2D eigenvalue weighted by atomic mass is 35.5. The highest BCUT2D eigenvalue weighted by Gasteiger charge is 2.60. The van der Waals surface area contributed by atoms with Crippen molar-refractivity contribution < 1.29 is 86.1 Å². The minimum atomic E-state index is -0.858. The average molecular weight is 1680 g/mol. The summed E-state index contributed by atoms with van der Waals surface area (Å²) in [6.07, 6.45) is 9.72. The zero-order valence-electron chi connectivity index (χ0n) is 71.4. The third kappa shape index (κ3) is 18.6. The number of rotatable bonds is 27. The third-order valence-electron chi connectivity index (χ3n) is 24.6. The van der Waals surface area contributed by atoms with Crippen molar-refractivity contribution in [2.75, 3.05) is 55.0 Å². The number of halogens is 1. The van der Waals surface area contributed by atoms with Crippen LogP contribution >= 0.6 is 11.6 Å². The van der Waals surface area contributed by atoms with E-state index >= 15 is 0 Å². The molecule has 14 rings (SSSR count). The van der Waals surface area contributed by atoms with E-state index in [4.69, 9.17) is 54.2 Å². The van der Waals surface area contributed by atoms with Crippen LogP contribution in [0.3, 0.4) is 0 Å². The molecule has 4 bridgehead atoms. The van der Waals surface area contributed by atoms with Crippen LogP contribution in [0.15, 0.2) is 72.8 Å². The summed E-state index contributed by atoms with van der Waals surface area (Å²) >= 11 is 5.07. The molecule has 12 atom stereocenters. The van der Waals surface area contributed by atoms with Gasteiger partial charge in [-0.25, -0.2) is 0 Å². The number of hydrogen-bond acceptors (Lipinski definition) is 24. The Morgan fingerprint density at radius 1 is 0.529 bits per heavy atom. The molecule has 121 heavy (non-hydrogen) atoms. The Hall–Kier alpha value is -11.0. The van der Waals surface area contributed by atoms with Crippen LogP contribution in [-0.2, 0) is 76.9 Å². The average Bonchev–Trinajstić information content (AvgIpc) is 1.56. The van der Waals surface area contributed by atoms with Gasteiger partial charge in [-0.05, 0) is 152 Å². The van der Waals surface area contributed by atoms with E-state index in [0.717, 1.165) is 76.6 Å². The lowest BCUT2D eigenvalue weighted by Crippen LogP contribution is -2.69. The number of unbranched alkanes of at least 4 members (excludes halogenated alkanes) is 4. The number of likely N-dealkylation sites (N-methyl/N-ethyl adjacent to an activating group) is 2. The van der Waals surface area contributed by atoms with Crippen LogP contribution in [-0.4, -0.2) is 175 Å². The summed E-state index contributed by atoms with van der Waals surface area (Å²) in [5.41, 5.74) is 11.0. The minimum Gasteiger partial charge on any atom is -0.504 e. The Morgan fingerprint density at radius 2 is 0.942 bits per heavy atom. The Labute approximate surface area is 712 Å². The number of esters is 3. The van der Waals surface area contributed by atoms with E-state index < -0.39 is 84.2 Å². The number of aromatic hydroxyl groups is 1. The number of ether oxygens (including phenoxy) is 9. The lowest BCUT2D eigenvalue weighted by molar-refractivity contribution is -0.135. The lowest BCUT2D eigenvalue weighted by Gasteiger charge is -2.60. The molecule has 29 heteroatoms. The van der Waals surface area contributed by atoms with E-state index in [1.807, 2.05) is 109 Å². The maximum atomic E-state index is 13.9. The molecule has 0 saturated carbocycles. The van der Waals surface area contributed by atoms with Crippen LogP contribution in [0.4, 0.5) is 0 Å². The zero-order valence-corrected chi connectivity index (χ0v) is 72.2. The summed E-state index contributed by atoms with van der Waals surface area (Å²) < 4.78 is 54.0. The van der Waals surface area contributed by atoms with Crippen molar-refractivity contribution in [3.05, 3.63) is 151 Å². The molecule has 8 aliphatic rings. The molecule has 0 aliphatic carbocycles. The highest BCUT2D eigenvalue weighted by molar-refractivity contribution is 6.63. The van der Waals surface area contributed by atoms with E-state index in [9.17, 15) is 54.0 Å². The number of amides is 4. The number of fused-ring (bicyclic) bond motifs is 18. The molecule has 8 aliphatic heterocycles. The monoisotopic (exact) mass is 1680 g/mol. The number of piperazine rings is 2. The number of phenols is 1. The molecular formula is C92H111ClN10O18. The second-order valence-electron chi connectivity index (χ2n) is 32.5. The highest BCUT2D eigenvalue weighted by Crippen LogP contribution is 2.61. The fourth-order valence-electron chi connectivity index (χ4n) is 19.2. The van der Waals surface area contributed by atoms with Gasteiger partial charge in [0.2, 0.25) is 42.5 Å². The van der Waals surface area contributed by atoms with Gasteiger partial charge in [-0.3, -0.25) is 58.0 Å². The molecule has 6 aromatic carbocycles. The van der Waals surface area contributed by atoms with Gasteiger partial charge in [0.05, 0.1) is 50.5 Å². The molecule has 2 fully saturated rings. The molecule has 28 nitrogen and oxygen atoms in total. The van der Waals surface area contributed by atoms with Crippen LogP contribution in [0.5, 0.6) is 57.5 Å². The summed E-state index contributed by atoms with van der Waals surface area (Å²) in [7, 11) is 7.06. The van der Waals surface area contributed by atoms with Crippen molar-refractivity contribution in [3.8, 4) is 69.6 Å². The summed E-state index contributed by atoms with van der Waals surface area (Å²) in [4.78, 5) is 111. The zero-order chi connectivity index (χ0) is 86.9. The first-order valence-electron chi connectivity index (χ1n) is 41.8. The summed E-state index contributed by atoms with van der Waals surface area (Å²) in [5.74, 6) is 1.15. The molecule has 4 amide bonds. The Bertz CT molecular complexity index is 5010. The predicted octanol–water partition coefficient (Wildman–Crippen LogP) is 11.5. The number of benzene rings is 6. The molecule has 2 saturated heterocycles. The quantitative estimate of drug-likeness (QED) is 0.0138. The smallest absolute Gasteiger partial charge is 0.311 e. The SMILES string of the molecule is CCCCCC(=O)Cl.CCCCCC(=O)Oc1c(OC)c(C)cc2c1[C@@H]1C3Cc4c(OC(C)=O)c(C)c5c(c4[C@H](CNC(=O)C(C)NC(=O)CCc4ccccc4)N3[C@@H](C#N)[C@H](C2)N1C)OCO5.COc1c(C)cc2c(c1O)[C@@H]1C3Cc4c(OC(C)=O)c(C)c5c(c4[C@H](CNC(=O)C(C)NC(=O)CCc4ccccc4)N3[C@@H](C#N)[C@H](C2)N1C)OCO5. The lowest BCUT2D eigenvalue weighted by atomic mass is 9.71. The van der Waals surface area contributed by atoms with Crippen LogP contribution < -0.4 is 63.9 Å². The molecule has 0 aromatic heterocycles. The van der Waals surface area contributed by atoms with Crippen molar-refractivity contribution in [1.82, 2.24) is 40.9 Å². The van der Waals surface area contributed by atoms with Gasteiger partial charge >= 0.3 is 17.9 Å². The summed E-state index contributed by atoms with van der Waals surface area (Å²) in [6, 6.07) is 22.1. The van der Waals surface area contributed by atoms with Gasteiger partial charge in [0.15, 0.2) is 46.0 Å². The largest absolute Gasteiger partial charge is 0.504 e. The molecular weight excluding hydrogens is 1570 g/mol. The van der Waals surface area contributed by atoms with E-state index in [1.165, 1.54) is 21.0 Å². The number of hydrogen-bond donors (Lipinski definition) is 5. The minimum absolute atomic E-state index is 0.0234. The van der Waals surface area contributed by atoms with Crippen molar-refractivity contribution in [2.45, 2.75) is 244 Å². The number of nitrogens with one attached hydrogen (secondary N) is 4. The second-order valence-corrected chi connectivity index (χ2v) is 32.9. The molecule has 8 heterocycles. The number of nitrogens with zero attached hydrogens (tertiary/aromatic N) is 6. The van der Waals surface area contributed by atoms with Crippen molar-refractivity contribution in [3.63, 3.8) is 0 Å². The van der Waals surface area contributed by atoms with Gasteiger partial charge in [-0.2, -0.15) is 10.5 Å². The molecule has 0 spiro atoms. The third-order valence-corrected chi connectivity index (χ3v) is 24.8. The van der Waals surface area contributed by atoms with Gasteiger partial charge in [-0.15, -0.1) is 0 Å². The standard InChI is InChI=1S/C46H55N5O9.C40H45N5O8.C6H11ClO/c1-8-9-11-16-37(54)60-45-38-30(19-25(2)41(45)56-7)20-32-34(22-47)51-33(40(38)50(32)6)21-31-39(44-43(57-24-58-44)26(3)42(31)59-28(5)52)35(51)23-48-46(55)27(4)49-36(53)18-17-29-14-12-10-13-15-29;1-20-14-25-15-27-29(17-41)45-28(34(44(27)5)32(25)35(48)36(20)50-6)16-26-33(39-38(51-19-52-39)21(2)37(26)53-23(4)46)30(45)18-42-40(49)22(3)43-31(47)13-12-24-10-8-7-9-11-24;1-2-3-4-5-6(7)8/h10,12-15,19,27,32-35,40H,8-9,11,16-18,20-21,23-24H2,1-7H3,(H,48,55)(H,49,53);7-11,14,22,27-30,34,48H,12-13,15-16,18-19H2,1-6H3,(H,42,49)(H,43,47);2-5H2,1H3/t27?,32-,33?,34-,35-,40-;22?,27-,28?,29-,30-,34-;/m00./s1. The number of carbonyl (C=O) groups excluding carboxylic acids is 8. The van der Waals surface area contributed by atoms with Gasteiger partial charge in [-0.1, -0.05) is 112 Å². The van der Waals surface area contributed by atoms with Crippen molar-refractivity contribution >= 4 is 58.4 Å². The van der Waals surface area contributed by atoms with Crippen LogP contribution in [0.1, 0.15) is 208 Å². The molecule has 644 valence electrons. The first kappa shape index (κ1) is 89.3. The number of phenolic OH excluding ortho intramolecular Hbond substituents is 1. The van der Waals surface area contributed by atoms with E-state index in [2.05, 4.69) is 72.9 Å². The second kappa shape index (κ2) is 39.2. The van der Waals surface area contributed by atoms with Gasteiger partial charge < -0.3 is 69.0 Å². The molecule has 5 N–H and O–H groups in total. The first-order chi connectivity index (χ1) is 58.1. The summed E-state index contributed by atoms with van der Waals surface area (Å²) in [6.45, 7) is 17.5. The van der Waals surface area contributed by atoms with Crippen LogP contribution in [0, 0.1) is 50.4 Å². The van der Waals surface area contributed by atoms with Gasteiger partial charge in [0.1, 0.15) is 35.7 Å². The summed E-state index contributed by atoms with van der Waals surface area (Å²) in [5, 5.41) is 45.4. The van der Waals surface area contributed by atoms with E-state index in [-0.39, 0.29) is 86.8 Å². The fraction of sp³-hybridized carbons (Fsp3) is 0.500. The van der Waals surface area contributed by atoms with Gasteiger partial charge in [0.25, 0.3) is 0 Å². The molecule has 0 radical (unpaired) electrons. The molecule has 6 aromatic rings. The van der Waals surface area contributed by atoms with Crippen LogP contribution in [0.2, 0.25) is 0 Å². The maximum absolute atomic E-state index is 13.9. The molecule has 4 unspecified atom stereocenters. The first-order valence-corrected chi connectivity index (χ1v) is 42.2. The number of aryl methyl sites for hydroxylation is 4. The number of carbonyl (C=O) groups is 8. The maximum Gasteiger partial charge on any atom is 0.311 e. The number of methoxy groups -OCH3 is 2. The number of nitriles is 2. The topological polar surface area (TPSA) is 349 Å². The van der Waals surface area contributed by atoms with Crippen molar-refractivity contribution in [1.29, 1.82) is 10.5 Å². The van der Waals surface area contributed by atoms with Gasteiger partial charge in [0, 0.05) is 121 Å². The normalized spacial score (nSPS) is 21.5. The Morgan fingerprint density at radius 3 is 1.36 bits per heavy atom. The fourth-order valence-corrected chi connectivity index (χ4v) is 19.3. The van der Waals surface area contributed by atoms with E-state index in [1.54, 1.807) is 21.0 Å². The Balaban J connectivity index is 0.000000204. The van der Waals surface area contributed by atoms with E-state index in [0.29, 0.717) is 136 Å². The van der Waals surface area contributed by atoms with Crippen molar-refractivity contribution in [2.24, 2.45) is 0 Å². The van der Waals surface area contributed by atoms with Crippen LogP contribution in [0.25, 0.3) is 0 Å². The Kier molecular flexibility index (Phi) is 28.9. The predicted molar refractivity (Wildman–Crippen MR) is 449 cm³/mol.